The summed E-state index contributed by atoms with van der Waals surface area (Å²) >= 11 is 0. The fraction of sp³-hybridized carbons (Fsp3) is 0.667. The highest BCUT2D eigenvalue weighted by atomic mass is 19.1. The molecule has 124 valence electrons. The molecule has 2 rings (SSSR count). The van der Waals surface area contributed by atoms with Crippen molar-refractivity contribution in [2.45, 2.75) is 38.8 Å². The maximum atomic E-state index is 14.0. The Labute approximate surface area is 133 Å². The summed E-state index contributed by atoms with van der Waals surface area (Å²) < 4.78 is 14.0. The van der Waals surface area contributed by atoms with E-state index in [0.717, 1.165) is 43.5 Å². The molecule has 3 nitrogen and oxygen atoms in total. The second-order valence-electron chi connectivity index (χ2n) is 6.78. The first-order valence-electron chi connectivity index (χ1n) is 8.26. The van der Waals surface area contributed by atoms with Gasteiger partial charge in [-0.05, 0) is 58.8 Å². The van der Waals surface area contributed by atoms with E-state index in [0.29, 0.717) is 18.5 Å². The predicted octanol–water partition coefficient (Wildman–Crippen LogP) is 2.66. The maximum absolute atomic E-state index is 14.0. The van der Waals surface area contributed by atoms with Crippen LogP contribution in [0.5, 0.6) is 0 Å². The third kappa shape index (κ3) is 4.51. The quantitative estimate of drug-likeness (QED) is 0.875. The van der Waals surface area contributed by atoms with E-state index in [4.69, 9.17) is 5.11 Å². The third-order valence-electron chi connectivity index (χ3n) is 4.77. The number of likely N-dealkylation sites (tertiary alicyclic amines) is 1. The number of benzene rings is 1. The van der Waals surface area contributed by atoms with E-state index in [1.165, 1.54) is 0 Å². The summed E-state index contributed by atoms with van der Waals surface area (Å²) in [4.78, 5) is 4.66. The summed E-state index contributed by atoms with van der Waals surface area (Å²) in [6.07, 6.45) is 2.99. The highest BCUT2D eigenvalue weighted by Gasteiger charge is 2.30. The zero-order valence-corrected chi connectivity index (χ0v) is 14.1. The van der Waals surface area contributed by atoms with Crippen molar-refractivity contribution in [2.24, 2.45) is 5.92 Å². The summed E-state index contributed by atoms with van der Waals surface area (Å²) in [5, 5.41) is 9.11. The van der Waals surface area contributed by atoms with E-state index in [2.05, 4.69) is 23.9 Å². The molecule has 4 heteroatoms. The fourth-order valence-electron chi connectivity index (χ4n) is 3.62. The first-order chi connectivity index (χ1) is 10.5. The molecule has 1 aliphatic heterocycles. The number of hydrogen-bond acceptors (Lipinski definition) is 3. The summed E-state index contributed by atoms with van der Waals surface area (Å²) in [7, 11) is 4.26. The van der Waals surface area contributed by atoms with Crippen LogP contribution in [0.15, 0.2) is 18.2 Å². The minimum atomic E-state index is -0.104. The molecule has 1 aliphatic rings. The molecular formula is C18H29FN2O. The lowest BCUT2D eigenvalue weighted by Gasteiger charge is -2.41. The normalized spacial score (nSPS) is 23.2. The van der Waals surface area contributed by atoms with Gasteiger partial charge in [-0.1, -0.05) is 17.7 Å². The Bertz CT molecular complexity index is 478. The van der Waals surface area contributed by atoms with Crippen LogP contribution in [0, 0.1) is 18.7 Å². The lowest BCUT2D eigenvalue weighted by molar-refractivity contribution is 0.0711. The predicted molar refractivity (Wildman–Crippen MR) is 88.3 cm³/mol. The Morgan fingerprint density at radius 1 is 1.36 bits per heavy atom. The zero-order valence-electron chi connectivity index (χ0n) is 14.1. The monoisotopic (exact) mass is 308 g/mol. The van der Waals surface area contributed by atoms with Crippen LogP contribution in [0.25, 0.3) is 0 Å². The van der Waals surface area contributed by atoms with E-state index in [1.54, 1.807) is 6.07 Å². The minimum absolute atomic E-state index is 0.104. The lowest BCUT2D eigenvalue weighted by atomic mass is 9.87. The van der Waals surface area contributed by atoms with Crippen molar-refractivity contribution in [3.63, 3.8) is 0 Å². The van der Waals surface area contributed by atoms with Crippen molar-refractivity contribution in [1.29, 1.82) is 0 Å². The third-order valence-corrected chi connectivity index (χ3v) is 4.77. The Morgan fingerprint density at radius 3 is 2.82 bits per heavy atom. The first kappa shape index (κ1) is 17.4. The molecule has 1 fully saturated rings. The molecule has 0 spiro atoms. The van der Waals surface area contributed by atoms with Crippen LogP contribution in [0.3, 0.4) is 0 Å². The largest absolute Gasteiger partial charge is 0.396 e. The van der Waals surface area contributed by atoms with Gasteiger partial charge >= 0.3 is 0 Å². The second kappa shape index (κ2) is 8.04. The molecule has 1 heterocycles. The van der Waals surface area contributed by atoms with Crippen molar-refractivity contribution in [3.8, 4) is 0 Å². The molecule has 1 aromatic rings. The number of piperidine rings is 1. The molecular weight excluding hydrogens is 279 g/mol. The van der Waals surface area contributed by atoms with Gasteiger partial charge in [0.2, 0.25) is 0 Å². The van der Waals surface area contributed by atoms with Gasteiger partial charge in [-0.25, -0.2) is 4.39 Å². The van der Waals surface area contributed by atoms with E-state index in [1.807, 2.05) is 19.1 Å². The highest BCUT2D eigenvalue weighted by molar-refractivity contribution is 5.24. The Hall–Kier alpha value is -0.970. The number of nitrogens with zero attached hydrogens (tertiary/aromatic N) is 2. The van der Waals surface area contributed by atoms with Crippen LogP contribution >= 0.6 is 0 Å². The fourth-order valence-corrected chi connectivity index (χ4v) is 3.62. The van der Waals surface area contributed by atoms with Gasteiger partial charge in [-0.2, -0.15) is 0 Å². The molecule has 1 N–H and O–H groups in total. The number of hydrogen-bond donors (Lipinski definition) is 1. The van der Waals surface area contributed by atoms with Crippen LogP contribution < -0.4 is 0 Å². The smallest absolute Gasteiger partial charge is 0.127 e. The molecule has 2 atom stereocenters. The molecule has 0 aliphatic carbocycles. The van der Waals surface area contributed by atoms with Gasteiger partial charge in [0.1, 0.15) is 5.82 Å². The van der Waals surface area contributed by atoms with Crippen molar-refractivity contribution >= 4 is 0 Å². The average Bonchev–Trinajstić information content (AvgIpc) is 2.48. The molecule has 0 amide bonds. The summed E-state index contributed by atoms with van der Waals surface area (Å²) in [5.41, 5.74) is 1.90. The SMILES string of the molecule is Cc1ccc(F)c(CN2CC[C@H](N(C)C)[C@H](CCCO)C2)c1. The summed E-state index contributed by atoms with van der Waals surface area (Å²) in [6.45, 7) is 4.93. The van der Waals surface area contributed by atoms with Gasteiger partial charge in [0.05, 0.1) is 0 Å². The van der Waals surface area contributed by atoms with E-state index >= 15 is 0 Å². The van der Waals surface area contributed by atoms with Crippen molar-refractivity contribution < 1.29 is 9.50 Å². The molecule has 22 heavy (non-hydrogen) atoms. The van der Waals surface area contributed by atoms with Gasteiger partial charge in [-0.15, -0.1) is 0 Å². The molecule has 0 aromatic heterocycles. The topological polar surface area (TPSA) is 26.7 Å². The minimum Gasteiger partial charge on any atom is -0.396 e. The van der Waals surface area contributed by atoms with E-state index in [-0.39, 0.29) is 12.4 Å². The zero-order chi connectivity index (χ0) is 16.1. The molecule has 1 saturated heterocycles. The number of aliphatic hydroxyl groups excluding tert-OH is 1. The molecule has 1 aromatic carbocycles. The van der Waals surface area contributed by atoms with Crippen molar-refractivity contribution in [3.05, 3.63) is 35.1 Å². The van der Waals surface area contributed by atoms with Crippen LogP contribution in [-0.4, -0.2) is 54.7 Å². The van der Waals surface area contributed by atoms with Crippen LogP contribution in [-0.2, 0) is 6.54 Å². The number of aliphatic hydroxyl groups is 1. The van der Waals surface area contributed by atoms with Gasteiger partial charge in [-0.3, -0.25) is 4.90 Å². The Balaban J connectivity index is 2.02. The molecule has 0 radical (unpaired) electrons. The van der Waals surface area contributed by atoms with Gasteiger partial charge in [0, 0.05) is 31.3 Å². The number of halogens is 1. The summed E-state index contributed by atoms with van der Waals surface area (Å²) in [6, 6.07) is 5.91. The molecule has 0 bridgehead atoms. The van der Waals surface area contributed by atoms with Gasteiger partial charge in [0.15, 0.2) is 0 Å². The van der Waals surface area contributed by atoms with Crippen molar-refractivity contribution in [2.75, 3.05) is 33.8 Å². The first-order valence-corrected chi connectivity index (χ1v) is 8.26. The highest BCUT2D eigenvalue weighted by Crippen LogP contribution is 2.26. The number of rotatable bonds is 6. The van der Waals surface area contributed by atoms with Crippen molar-refractivity contribution in [1.82, 2.24) is 9.80 Å². The van der Waals surface area contributed by atoms with Crippen LogP contribution in [0.4, 0.5) is 4.39 Å². The maximum Gasteiger partial charge on any atom is 0.127 e. The summed E-state index contributed by atoms with van der Waals surface area (Å²) in [5.74, 6) is 0.441. The van der Waals surface area contributed by atoms with E-state index in [9.17, 15) is 4.39 Å². The molecule has 0 saturated carbocycles. The van der Waals surface area contributed by atoms with Crippen LogP contribution in [0.1, 0.15) is 30.4 Å². The Kier molecular flexibility index (Phi) is 6.36. The standard InChI is InChI=1S/C18H29FN2O/c1-14-6-7-17(19)16(11-14)13-21-9-8-18(20(2)3)15(12-21)5-4-10-22/h6-7,11,15,18,22H,4-5,8-10,12-13H2,1-3H3/t15-,18+/m1/s1. The lowest BCUT2D eigenvalue weighted by Crippen LogP contribution is -2.48. The van der Waals surface area contributed by atoms with Gasteiger partial charge < -0.3 is 10.0 Å². The van der Waals surface area contributed by atoms with Crippen LogP contribution in [0.2, 0.25) is 0 Å². The van der Waals surface area contributed by atoms with E-state index < -0.39 is 0 Å². The van der Waals surface area contributed by atoms with Gasteiger partial charge in [0.25, 0.3) is 0 Å². The Morgan fingerprint density at radius 2 is 2.14 bits per heavy atom. The number of aryl methyl sites for hydroxylation is 1. The average molecular weight is 308 g/mol. The second-order valence-corrected chi connectivity index (χ2v) is 6.78. The molecule has 0 unspecified atom stereocenters.